The molecule has 0 saturated heterocycles. The average molecular weight is 247 g/mol. The summed E-state index contributed by atoms with van der Waals surface area (Å²) in [6.07, 6.45) is 0.600. The largest absolute Gasteiger partial charge is 0.455 e. The van der Waals surface area contributed by atoms with Crippen LogP contribution in [0.1, 0.15) is 5.56 Å². The number of benzene rings is 2. The van der Waals surface area contributed by atoms with Crippen molar-refractivity contribution < 1.29 is 14.2 Å². The summed E-state index contributed by atoms with van der Waals surface area (Å²) in [7, 11) is 0. The number of nitrogens with two attached hydrogens (primary N) is 1. The highest BCUT2D eigenvalue weighted by molar-refractivity contribution is 5.54. The van der Waals surface area contributed by atoms with Crippen LogP contribution in [0.5, 0.6) is 11.5 Å². The molecule has 2 aromatic carbocycles. The van der Waals surface area contributed by atoms with Crippen LogP contribution in [0.15, 0.2) is 42.5 Å². The monoisotopic (exact) mass is 247 g/mol. The first-order chi connectivity index (χ1) is 8.70. The van der Waals surface area contributed by atoms with Gasteiger partial charge in [0.05, 0.1) is 0 Å². The lowest BCUT2D eigenvalue weighted by molar-refractivity contribution is 0.299. The Labute approximate surface area is 105 Å². The molecule has 94 valence electrons. The van der Waals surface area contributed by atoms with Crippen LogP contribution in [0.4, 0.5) is 10.1 Å². The summed E-state index contributed by atoms with van der Waals surface area (Å²) in [6.45, 7) is 0.108. The summed E-state index contributed by atoms with van der Waals surface area (Å²) < 4.78 is 18.7. The van der Waals surface area contributed by atoms with Gasteiger partial charge in [-0.1, -0.05) is 18.2 Å². The summed E-state index contributed by atoms with van der Waals surface area (Å²) in [5.41, 5.74) is 6.58. The number of rotatable bonds is 4. The number of hydrogen-bond donors (Lipinski definition) is 2. The quantitative estimate of drug-likeness (QED) is 0.817. The fourth-order valence-corrected chi connectivity index (χ4v) is 1.59. The van der Waals surface area contributed by atoms with Gasteiger partial charge in [-0.25, -0.2) is 4.39 Å². The molecule has 3 N–H and O–H groups in total. The second kappa shape index (κ2) is 5.51. The zero-order chi connectivity index (χ0) is 13.0. The van der Waals surface area contributed by atoms with E-state index in [0.29, 0.717) is 17.9 Å². The van der Waals surface area contributed by atoms with Gasteiger partial charge in [0, 0.05) is 6.61 Å². The molecular formula is C14H14FNO2. The van der Waals surface area contributed by atoms with Crippen LogP contribution >= 0.6 is 0 Å². The van der Waals surface area contributed by atoms with Crippen LogP contribution in [0.25, 0.3) is 0 Å². The van der Waals surface area contributed by atoms with Crippen molar-refractivity contribution in [3.8, 4) is 11.5 Å². The molecule has 0 aromatic heterocycles. The molecule has 0 atom stereocenters. The van der Waals surface area contributed by atoms with E-state index in [9.17, 15) is 4.39 Å². The van der Waals surface area contributed by atoms with Crippen molar-refractivity contribution >= 4 is 5.69 Å². The van der Waals surface area contributed by atoms with Gasteiger partial charge in [-0.2, -0.15) is 0 Å². The van der Waals surface area contributed by atoms with Crippen molar-refractivity contribution in [1.82, 2.24) is 0 Å². The summed E-state index contributed by atoms with van der Waals surface area (Å²) >= 11 is 0. The zero-order valence-corrected chi connectivity index (χ0v) is 9.77. The third-order valence-electron chi connectivity index (χ3n) is 2.56. The minimum atomic E-state index is -0.496. The molecule has 0 fully saturated rings. The van der Waals surface area contributed by atoms with Crippen LogP contribution in [0.3, 0.4) is 0 Å². The molecule has 0 heterocycles. The summed E-state index contributed by atoms with van der Waals surface area (Å²) in [6, 6.07) is 11.7. The Balaban J connectivity index is 2.16. The number of ether oxygens (including phenoxy) is 1. The third-order valence-corrected chi connectivity index (χ3v) is 2.56. The summed E-state index contributed by atoms with van der Waals surface area (Å²) in [5, 5.41) is 8.80. The first kappa shape index (κ1) is 12.4. The maximum absolute atomic E-state index is 13.2. The lowest BCUT2D eigenvalue weighted by atomic mass is 10.1. The van der Waals surface area contributed by atoms with Crippen molar-refractivity contribution in [1.29, 1.82) is 0 Å². The van der Waals surface area contributed by atoms with E-state index in [4.69, 9.17) is 15.6 Å². The highest BCUT2D eigenvalue weighted by Crippen LogP contribution is 2.29. The van der Waals surface area contributed by atoms with E-state index in [1.54, 1.807) is 24.3 Å². The number of anilines is 1. The molecule has 2 aromatic rings. The molecule has 0 radical (unpaired) electrons. The average Bonchev–Trinajstić information content (AvgIpc) is 2.38. The zero-order valence-electron chi connectivity index (χ0n) is 9.77. The predicted octanol–water partition coefficient (Wildman–Crippen LogP) is 2.74. The van der Waals surface area contributed by atoms with Crippen LogP contribution in [0, 0.1) is 5.82 Å². The van der Waals surface area contributed by atoms with Gasteiger partial charge < -0.3 is 15.6 Å². The molecule has 4 heteroatoms. The van der Waals surface area contributed by atoms with E-state index in [1.165, 1.54) is 6.07 Å². The molecule has 0 aliphatic heterocycles. The van der Waals surface area contributed by atoms with Gasteiger partial charge in [0.25, 0.3) is 0 Å². The number of hydrogen-bond acceptors (Lipinski definition) is 3. The van der Waals surface area contributed by atoms with Crippen molar-refractivity contribution in [3.63, 3.8) is 0 Å². The number of halogens is 1. The molecule has 0 saturated carbocycles. The SMILES string of the molecule is Nc1c(F)cccc1Oc1ccc(CCO)cc1. The van der Waals surface area contributed by atoms with Gasteiger partial charge in [-0.3, -0.25) is 0 Å². The van der Waals surface area contributed by atoms with Gasteiger partial charge in [0.2, 0.25) is 0 Å². The Hall–Kier alpha value is -2.07. The first-order valence-electron chi connectivity index (χ1n) is 5.62. The van der Waals surface area contributed by atoms with Crippen molar-refractivity contribution in [2.45, 2.75) is 6.42 Å². The molecule has 0 aliphatic rings. The molecular weight excluding hydrogens is 233 g/mol. The van der Waals surface area contributed by atoms with Gasteiger partial charge in [0.15, 0.2) is 5.75 Å². The third kappa shape index (κ3) is 2.78. The van der Waals surface area contributed by atoms with Gasteiger partial charge in [0.1, 0.15) is 17.3 Å². The Bertz CT molecular complexity index is 526. The fourth-order valence-electron chi connectivity index (χ4n) is 1.59. The smallest absolute Gasteiger partial charge is 0.153 e. The second-order valence-electron chi connectivity index (χ2n) is 3.87. The molecule has 2 rings (SSSR count). The van der Waals surface area contributed by atoms with Crippen molar-refractivity contribution in [2.24, 2.45) is 0 Å². The standard InChI is InChI=1S/C14H14FNO2/c15-12-2-1-3-13(14(12)16)18-11-6-4-10(5-7-11)8-9-17/h1-7,17H,8-9,16H2. The minimum Gasteiger partial charge on any atom is -0.455 e. The summed E-state index contributed by atoms with van der Waals surface area (Å²) in [4.78, 5) is 0. The second-order valence-corrected chi connectivity index (χ2v) is 3.87. The van der Waals surface area contributed by atoms with Crippen molar-refractivity contribution in [3.05, 3.63) is 53.8 Å². The van der Waals surface area contributed by atoms with E-state index in [2.05, 4.69) is 0 Å². The lowest BCUT2D eigenvalue weighted by Crippen LogP contribution is -1.95. The van der Waals surface area contributed by atoms with E-state index >= 15 is 0 Å². The Morgan fingerprint density at radius 1 is 1.11 bits per heavy atom. The fraction of sp³-hybridized carbons (Fsp3) is 0.143. The van der Waals surface area contributed by atoms with Crippen LogP contribution in [-0.2, 0) is 6.42 Å². The van der Waals surface area contributed by atoms with E-state index in [0.717, 1.165) is 5.56 Å². The van der Waals surface area contributed by atoms with E-state index < -0.39 is 5.82 Å². The number of aliphatic hydroxyl groups is 1. The van der Waals surface area contributed by atoms with E-state index in [1.807, 2.05) is 12.1 Å². The molecule has 0 amide bonds. The predicted molar refractivity (Wildman–Crippen MR) is 68.1 cm³/mol. The van der Waals surface area contributed by atoms with Crippen LogP contribution in [0.2, 0.25) is 0 Å². The molecule has 18 heavy (non-hydrogen) atoms. The van der Waals surface area contributed by atoms with Crippen molar-refractivity contribution in [2.75, 3.05) is 12.3 Å². The Morgan fingerprint density at radius 2 is 1.83 bits per heavy atom. The molecule has 0 aliphatic carbocycles. The van der Waals surface area contributed by atoms with Crippen LogP contribution < -0.4 is 10.5 Å². The van der Waals surface area contributed by atoms with Crippen LogP contribution in [-0.4, -0.2) is 11.7 Å². The first-order valence-corrected chi connectivity index (χ1v) is 5.62. The van der Waals surface area contributed by atoms with Gasteiger partial charge in [-0.15, -0.1) is 0 Å². The number of para-hydroxylation sites is 1. The topological polar surface area (TPSA) is 55.5 Å². The van der Waals surface area contributed by atoms with Gasteiger partial charge >= 0.3 is 0 Å². The summed E-state index contributed by atoms with van der Waals surface area (Å²) in [5.74, 6) is 0.378. The molecule has 3 nitrogen and oxygen atoms in total. The van der Waals surface area contributed by atoms with Gasteiger partial charge in [-0.05, 0) is 36.2 Å². The maximum atomic E-state index is 13.2. The molecule has 0 spiro atoms. The molecule has 0 bridgehead atoms. The van der Waals surface area contributed by atoms with E-state index in [-0.39, 0.29) is 12.3 Å². The molecule has 0 unspecified atom stereocenters. The Morgan fingerprint density at radius 3 is 2.50 bits per heavy atom. The highest BCUT2D eigenvalue weighted by atomic mass is 19.1. The minimum absolute atomic E-state index is 0.00284. The normalized spacial score (nSPS) is 10.3. The number of aliphatic hydroxyl groups excluding tert-OH is 1. The number of nitrogen functional groups attached to an aromatic ring is 1. The lowest BCUT2D eigenvalue weighted by Gasteiger charge is -2.09. The highest BCUT2D eigenvalue weighted by Gasteiger charge is 2.06. The maximum Gasteiger partial charge on any atom is 0.153 e. The Kier molecular flexibility index (Phi) is 3.79.